The van der Waals surface area contributed by atoms with Crippen LogP contribution in [0.2, 0.25) is 0 Å². The van der Waals surface area contributed by atoms with Gasteiger partial charge in [-0.2, -0.15) is 0 Å². The Morgan fingerprint density at radius 1 is 0.900 bits per heavy atom. The molecule has 0 spiro atoms. The minimum atomic E-state index is 0.904. The summed E-state index contributed by atoms with van der Waals surface area (Å²) in [6, 6.07) is 14.6. The zero-order chi connectivity index (χ0) is 13.9. The van der Waals surface area contributed by atoms with E-state index in [0.29, 0.717) is 0 Å². The van der Waals surface area contributed by atoms with E-state index in [1.54, 1.807) is 0 Å². The maximum atomic E-state index is 5.99. The molecule has 0 saturated carbocycles. The molecule has 104 valence electrons. The summed E-state index contributed by atoms with van der Waals surface area (Å²) in [6.45, 7) is 6.57. The number of aryl methyl sites for hydroxylation is 1. The highest BCUT2D eigenvalue weighted by Crippen LogP contribution is 2.29. The Balaban J connectivity index is 1.76. The normalized spacial score (nSPS) is 14.6. The van der Waals surface area contributed by atoms with E-state index in [0.717, 1.165) is 11.5 Å². The summed E-state index contributed by atoms with van der Waals surface area (Å²) in [5.41, 5.74) is 3.77. The summed E-state index contributed by atoms with van der Waals surface area (Å²) in [4.78, 5) is 2.43. The first-order chi connectivity index (χ1) is 9.74. The molecule has 20 heavy (non-hydrogen) atoms. The molecule has 1 fully saturated rings. The first kappa shape index (κ1) is 13.0. The van der Waals surface area contributed by atoms with Crippen LogP contribution in [-0.2, 0) is 0 Å². The van der Waals surface area contributed by atoms with Gasteiger partial charge in [0.05, 0.1) is 0 Å². The molecule has 0 unspecified atom stereocenters. The summed E-state index contributed by atoms with van der Waals surface area (Å²) in [7, 11) is 0. The summed E-state index contributed by atoms with van der Waals surface area (Å²) in [5, 5.41) is 0. The highest BCUT2D eigenvalue weighted by atomic mass is 16.5. The van der Waals surface area contributed by atoms with Gasteiger partial charge in [-0.05, 0) is 68.1 Å². The standard InChI is InChI=1S/C18H21NO/c1-14-6-5-7-18(15(14)2)20-17-10-8-16(9-11-17)19-12-3-4-13-19/h5-11H,3-4,12-13H2,1-2H3. The Bertz CT molecular complexity index is 583. The van der Waals surface area contributed by atoms with Gasteiger partial charge in [0.1, 0.15) is 11.5 Å². The van der Waals surface area contributed by atoms with Crippen LogP contribution in [0.5, 0.6) is 11.5 Å². The highest BCUT2D eigenvalue weighted by molar-refractivity contribution is 5.50. The number of ether oxygens (including phenoxy) is 1. The fraction of sp³-hybridized carbons (Fsp3) is 0.333. The zero-order valence-corrected chi connectivity index (χ0v) is 12.2. The predicted octanol–water partition coefficient (Wildman–Crippen LogP) is 4.70. The van der Waals surface area contributed by atoms with Crippen LogP contribution < -0.4 is 9.64 Å². The van der Waals surface area contributed by atoms with Crippen LogP contribution in [0.4, 0.5) is 5.69 Å². The lowest BCUT2D eigenvalue weighted by Gasteiger charge is -2.18. The fourth-order valence-electron chi connectivity index (χ4n) is 2.66. The molecule has 2 heteroatoms. The first-order valence-corrected chi connectivity index (χ1v) is 7.33. The Morgan fingerprint density at radius 2 is 1.60 bits per heavy atom. The molecule has 2 aromatic rings. The van der Waals surface area contributed by atoms with Gasteiger partial charge >= 0.3 is 0 Å². The van der Waals surface area contributed by atoms with Crippen molar-refractivity contribution in [2.75, 3.05) is 18.0 Å². The number of rotatable bonds is 3. The van der Waals surface area contributed by atoms with Crippen molar-refractivity contribution in [3.05, 3.63) is 53.6 Å². The largest absolute Gasteiger partial charge is 0.457 e. The third kappa shape index (κ3) is 2.64. The lowest BCUT2D eigenvalue weighted by Crippen LogP contribution is -2.17. The van der Waals surface area contributed by atoms with Gasteiger partial charge in [0, 0.05) is 18.8 Å². The molecule has 0 bridgehead atoms. The Labute approximate surface area is 121 Å². The summed E-state index contributed by atoms with van der Waals surface area (Å²) >= 11 is 0. The zero-order valence-electron chi connectivity index (χ0n) is 12.2. The molecule has 0 aromatic heterocycles. The van der Waals surface area contributed by atoms with Gasteiger partial charge in [-0.3, -0.25) is 0 Å². The second-order valence-corrected chi connectivity index (χ2v) is 5.49. The first-order valence-electron chi connectivity index (χ1n) is 7.33. The second-order valence-electron chi connectivity index (χ2n) is 5.49. The number of anilines is 1. The van der Waals surface area contributed by atoms with Gasteiger partial charge in [-0.1, -0.05) is 12.1 Å². The summed E-state index contributed by atoms with van der Waals surface area (Å²) in [5.74, 6) is 1.85. The van der Waals surface area contributed by atoms with Crippen molar-refractivity contribution in [3.8, 4) is 11.5 Å². The number of hydrogen-bond acceptors (Lipinski definition) is 2. The maximum Gasteiger partial charge on any atom is 0.130 e. The van der Waals surface area contributed by atoms with Gasteiger partial charge in [0.2, 0.25) is 0 Å². The molecular weight excluding hydrogens is 246 g/mol. The Hall–Kier alpha value is -1.96. The average Bonchev–Trinajstić information content (AvgIpc) is 2.99. The van der Waals surface area contributed by atoms with E-state index < -0.39 is 0 Å². The van der Waals surface area contributed by atoms with Crippen molar-refractivity contribution in [2.45, 2.75) is 26.7 Å². The van der Waals surface area contributed by atoms with Crippen LogP contribution in [-0.4, -0.2) is 13.1 Å². The second kappa shape index (κ2) is 5.58. The summed E-state index contributed by atoms with van der Waals surface area (Å²) in [6.07, 6.45) is 2.61. The molecule has 1 aliphatic heterocycles. The Kier molecular flexibility index (Phi) is 3.64. The van der Waals surface area contributed by atoms with Crippen LogP contribution in [0, 0.1) is 13.8 Å². The highest BCUT2D eigenvalue weighted by Gasteiger charge is 2.12. The third-order valence-electron chi connectivity index (χ3n) is 4.09. The summed E-state index contributed by atoms with van der Waals surface area (Å²) < 4.78 is 5.99. The molecule has 0 atom stereocenters. The van der Waals surface area contributed by atoms with Crippen LogP contribution in [0.15, 0.2) is 42.5 Å². The van der Waals surface area contributed by atoms with Crippen LogP contribution in [0.3, 0.4) is 0 Å². The van der Waals surface area contributed by atoms with E-state index >= 15 is 0 Å². The minimum absolute atomic E-state index is 0.904. The van der Waals surface area contributed by atoms with E-state index in [4.69, 9.17) is 4.74 Å². The van der Waals surface area contributed by atoms with Crippen molar-refractivity contribution < 1.29 is 4.74 Å². The molecular formula is C18H21NO. The van der Waals surface area contributed by atoms with Crippen molar-refractivity contribution in [1.29, 1.82) is 0 Å². The van der Waals surface area contributed by atoms with Crippen molar-refractivity contribution in [3.63, 3.8) is 0 Å². The minimum Gasteiger partial charge on any atom is -0.457 e. The van der Waals surface area contributed by atoms with Gasteiger partial charge in [-0.15, -0.1) is 0 Å². The molecule has 0 N–H and O–H groups in total. The smallest absolute Gasteiger partial charge is 0.130 e. The molecule has 2 nitrogen and oxygen atoms in total. The van der Waals surface area contributed by atoms with Crippen LogP contribution in [0.1, 0.15) is 24.0 Å². The molecule has 0 radical (unpaired) electrons. The number of benzene rings is 2. The predicted molar refractivity (Wildman–Crippen MR) is 83.9 cm³/mol. The van der Waals surface area contributed by atoms with Crippen molar-refractivity contribution in [2.24, 2.45) is 0 Å². The van der Waals surface area contributed by atoms with E-state index in [1.165, 1.54) is 42.7 Å². The lowest BCUT2D eigenvalue weighted by molar-refractivity contribution is 0.478. The van der Waals surface area contributed by atoms with Crippen molar-refractivity contribution >= 4 is 5.69 Å². The number of nitrogens with zero attached hydrogens (tertiary/aromatic N) is 1. The average molecular weight is 267 g/mol. The molecule has 2 aromatic carbocycles. The SMILES string of the molecule is Cc1cccc(Oc2ccc(N3CCCC3)cc2)c1C. The van der Waals surface area contributed by atoms with E-state index in [9.17, 15) is 0 Å². The molecule has 1 aliphatic rings. The third-order valence-corrected chi connectivity index (χ3v) is 4.09. The van der Waals surface area contributed by atoms with Gasteiger partial charge < -0.3 is 9.64 Å². The van der Waals surface area contributed by atoms with E-state index in [-0.39, 0.29) is 0 Å². The van der Waals surface area contributed by atoms with Crippen LogP contribution in [0.25, 0.3) is 0 Å². The molecule has 1 heterocycles. The van der Waals surface area contributed by atoms with Crippen LogP contribution >= 0.6 is 0 Å². The van der Waals surface area contributed by atoms with Gasteiger partial charge in [0.25, 0.3) is 0 Å². The molecule has 0 amide bonds. The monoisotopic (exact) mass is 267 g/mol. The van der Waals surface area contributed by atoms with Gasteiger partial charge in [0.15, 0.2) is 0 Å². The molecule has 1 saturated heterocycles. The van der Waals surface area contributed by atoms with Gasteiger partial charge in [-0.25, -0.2) is 0 Å². The lowest BCUT2D eigenvalue weighted by atomic mass is 10.1. The van der Waals surface area contributed by atoms with E-state index in [1.807, 2.05) is 12.1 Å². The van der Waals surface area contributed by atoms with Crippen molar-refractivity contribution in [1.82, 2.24) is 0 Å². The number of hydrogen-bond donors (Lipinski definition) is 0. The fourth-order valence-corrected chi connectivity index (χ4v) is 2.66. The molecule has 0 aliphatic carbocycles. The Morgan fingerprint density at radius 3 is 2.30 bits per heavy atom. The van der Waals surface area contributed by atoms with E-state index in [2.05, 4.69) is 49.1 Å². The quantitative estimate of drug-likeness (QED) is 0.799. The molecule has 3 rings (SSSR count). The maximum absolute atomic E-state index is 5.99. The topological polar surface area (TPSA) is 12.5 Å².